The Labute approximate surface area is 169 Å². The van der Waals surface area contributed by atoms with Gasteiger partial charge in [-0.05, 0) is 51.0 Å². The molecule has 0 N–H and O–H groups in total. The number of hydrogen-bond acceptors (Lipinski definition) is 5. The Bertz CT molecular complexity index is 1110. The maximum atomic E-state index is 13.1. The van der Waals surface area contributed by atoms with Crippen LogP contribution in [0.3, 0.4) is 0 Å². The molecule has 1 fully saturated rings. The van der Waals surface area contributed by atoms with E-state index in [1.807, 2.05) is 0 Å². The Kier molecular flexibility index (Phi) is 5.26. The van der Waals surface area contributed by atoms with E-state index >= 15 is 0 Å². The van der Waals surface area contributed by atoms with E-state index in [1.54, 1.807) is 41.2 Å². The van der Waals surface area contributed by atoms with E-state index in [1.165, 1.54) is 12.1 Å². The van der Waals surface area contributed by atoms with Gasteiger partial charge >= 0.3 is 0 Å². The van der Waals surface area contributed by atoms with Crippen LogP contribution in [-0.4, -0.2) is 40.6 Å². The van der Waals surface area contributed by atoms with Crippen molar-refractivity contribution in [3.63, 3.8) is 0 Å². The number of halogens is 1. The molecule has 1 aliphatic rings. The van der Waals surface area contributed by atoms with E-state index in [0.29, 0.717) is 41.7 Å². The summed E-state index contributed by atoms with van der Waals surface area (Å²) in [4.78, 5) is 4.53. The van der Waals surface area contributed by atoms with Gasteiger partial charge in [0.1, 0.15) is 17.3 Å². The molecule has 3 heterocycles. The Morgan fingerprint density at radius 1 is 1.10 bits per heavy atom. The third-order valence-electron chi connectivity index (χ3n) is 5.20. The van der Waals surface area contributed by atoms with Crippen LogP contribution in [0.4, 0.5) is 4.39 Å². The summed E-state index contributed by atoms with van der Waals surface area (Å²) in [6, 6.07) is 5.95. The monoisotopic (exact) mass is 418 g/mol. The average molecular weight is 418 g/mol. The third-order valence-corrected chi connectivity index (χ3v) is 7.35. The van der Waals surface area contributed by atoms with Gasteiger partial charge < -0.3 is 4.42 Å². The molecule has 9 heteroatoms. The molecule has 1 saturated heterocycles. The largest absolute Gasteiger partial charge is 0.439 e. The summed E-state index contributed by atoms with van der Waals surface area (Å²) in [7, 11) is -3.57. The number of aromatic nitrogens is 3. The van der Waals surface area contributed by atoms with Gasteiger partial charge in [-0.2, -0.15) is 9.40 Å². The van der Waals surface area contributed by atoms with Crippen LogP contribution in [0.5, 0.6) is 0 Å². The van der Waals surface area contributed by atoms with E-state index in [4.69, 9.17) is 4.42 Å². The molecule has 3 aromatic rings. The fourth-order valence-electron chi connectivity index (χ4n) is 3.70. The van der Waals surface area contributed by atoms with Crippen LogP contribution < -0.4 is 0 Å². The number of aryl methyl sites for hydroxylation is 1. The fraction of sp³-hybridized carbons (Fsp3) is 0.400. The Balaban J connectivity index is 1.59. The van der Waals surface area contributed by atoms with Crippen LogP contribution in [0.1, 0.15) is 36.5 Å². The predicted molar refractivity (Wildman–Crippen MR) is 105 cm³/mol. The van der Waals surface area contributed by atoms with Gasteiger partial charge in [-0.25, -0.2) is 17.8 Å². The highest BCUT2D eigenvalue weighted by atomic mass is 32.2. The lowest BCUT2D eigenvalue weighted by Gasteiger charge is -2.25. The molecule has 2 aromatic heterocycles. The first kappa shape index (κ1) is 19.8. The van der Waals surface area contributed by atoms with E-state index in [9.17, 15) is 12.8 Å². The Hall–Kier alpha value is -2.52. The second-order valence-corrected chi connectivity index (χ2v) is 9.12. The molecule has 154 valence electrons. The predicted octanol–water partition coefficient (Wildman–Crippen LogP) is 3.52. The minimum atomic E-state index is -3.57. The highest BCUT2D eigenvalue weighted by Gasteiger charge is 2.31. The molecule has 1 aliphatic heterocycles. The molecule has 0 spiro atoms. The van der Waals surface area contributed by atoms with E-state index in [2.05, 4.69) is 10.1 Å². The van der Waals surface area contributed by atoms with Crippen LogP contribution in [0.2, 0.25) is 0 Å². The molecule has 0 amide bonds. The molecule has 0 atom stereocenters. The summed E-state index contributed by atoms with van der Waals surface area (Å²) in [5.41, 5.74) is 1.75. The molecule has 0 aliphatic carbocycles. The van der Waals surface area contributed by atoms with Crippen LogP contribution >= 0.6 is 0 Å². The van der Waals surface area contributed by atoms with E-state index in [-0.39, 0.29) is 17.3 Å². The average Bonchev–Trinajstić information content (AvgIpc) is 3.28. The minimum absolute atomic E-state index is 0.212. The van der Waals surface area contributed by atoms with Crippen molar-refractivity contribution >= 4 is 10.0 Å². The molecule has 1 aromatic carbocycles. The molecule has 29 heavy (non-hydrogen) atoms. The summed E-state index contributed by atoms with van der Waals surface area (Å²) in [6.07, 6.45) is 4.39. The molecule has 0 saturated carbocycles. The van der Waals surface area contributed by atoms with Gasteiger partial charge in [-0.1, -0.05) is 6.42 Å². The number of piperidine rings is 1. The zero-order valence-corrected chi connectivity index (χ0v) is 17.2. The summed E-state index contributed by atoms with van der Waals surface area (Å²) >= 11 is 0. The topological polar surface area (TPSA) is 81.2 Å². The number of rotatable bonds is 5. The molecular weight excluding hydrogens is 395 g/mol. The summed E-state index contributed by atoms with van der Waals surface area (Å²) in [5.74, 6) is 0.595. The van der Waals surface area contributed by atoms with Crippen molar-refractivity contribution in [3.05, 3.63) is 53.6 Å². The Morgan fingerprint density at radius 3 is 2.48 bits per heavy atom. The molecular formula is C20H23FN4O3S. The summed E-state index contributed by atoms with van der Waals surface area (Å²) in [6.45, 7) is 4.77. The first-order valence-corrected chi connectivity index (χ1v) is 11.0. The number of sulfonamides is 1. The standard InChI is InChI=1S/C20H23FN4O3S/c1-14-20(29(26,27)24-10-4-3-5-11-24)15(2)25(23-14)13-19-22-12-18(28-19)16-6-8-17(21)9-7-16/h6-9,12H,3-5,10-11,13H2,1-2H3. The maximum absolute atomic E-state index is 13.1. The van der Waals surface area contributed by atoms with Gasteiger partial charge in [0.25, 0.3) is 0 Å². The second-order valence-electron chi connectivity index (χ2n) is 7.25. The first-order valence-electron chi connectivity index (χ1n) is 9.61. The fourth-order valence-corrected chi connectivity index (χ4v) is 5.59. The van der Waals surface area contributed by atoms with Gasteiger partial charge in [0.05, 0.1) is 17.6 Å². The lowest BCUT2D eigenvalue weighted by molar-refractivity contribution is 0.346. The summed E-state index contributed by atoms with van der Waals surface area (Å²) in [5, 5.41) is 4.42. The minimum Gasteiger partial charge on any atom is -0.439 e. The van der Waals surface area contributed by atoms with Crippen molar-refractivity contribution < 1.29 is 17.2 Å². The quantitative estimate of drug-likeness (QED) is 0.633. The number of nitrogens with zero attached hydrogens (tertiary/aromatic N) is 4. The normalized spacial score (nSPS) is 15.7. The van der Waals surface area contributed by atoms with Crippen LogP contribution in [0.25, 0.3) is 11.3 Å². The van der Waals surface area contributed by atoms with Crippen LogP contribution in [0.15, 0.2) is 39.8 Å². The van der Waals surface area contributed by atoms with Crippen LogP contribution in [-0.2, 0) is 16.6 Å². The lowest BCUT2D eigenvalue weighted by atomic mass is 10.2. The van der Waals surface area contributed by atoms with E-state index in [0.717, 1.165) is 19.3 Å². The van der Waals surface area contributed by atoms with Crippen molar-refractivity contribution in [3.8, 4) is 11.3 Å². The van der Waals surface area contributed by atoms with Gasteiger partial charge in [-0.3, -0.25) is 4.68 Å². The first-order chi connectivity index (χ1) is 13.9. The molecule has 0 unspecified atom stereocenters. The number of hydrogen-bond donors (Lipinski definition) is 0. The van der Waals surface area contributed by atoms with Crippen LogP contribution in [0, 0.1) is 19.7 Å². The molecule has 4 rings (SSSR count). The highest BCUT2D eigenvalue weighted by molar-refractivity contribution is 7.89. The zero-order chi connectivity index (χ0) is 20.6. The maximum Gasteiger partial charge on any atom is 0.246 e. The molecule has 0 radical (unpaired) electrons. The lowest BCUT2D eigenvalue weighted by Crippen LogP contribution is -2.36. The number of benzene rings is 1. The smallest absolute Gasteiger partial charge is 0.246 e. The summed E-state index contributed by atoms with van der Waals surface area (Å²) < 4.78 is 48.2. The van der Waals surface area contributed by atoms with Gasteiger partial charge in [0.2, 0.25) is 15.9 Å². The van der Waals surface area contributed by atoms with Gasteiger partial charge in [0, 0.05) is 18.7 Å². The van der Waals surface area contributed by atoms with Crippen molar-refractivity contribution in [2.24, 2.45) is 0 Å². The van der Waals surface area contributed by atoms with E-state index < -0.39 is 10.0 Å². The molecule has 0 bridgehead atoms. The van der Waals surface area contributed by atoms with Gasteiger partial charge in [-0.15, -0.1) is 0 Å². The van der Waals surface area contributed by atoms with Crippen molar-refractivity contribution in [2.75, 3.05) is 13.1 Å². The number of oxazole rings is 1. The van der Waals surface area contributed by atoms with Gasteiger partial charge in [0.15, 0.2) is 5.76 Å². The zero-order valence-electron chi connectivity index (χ0n) is 16.4. The SMILES string of the molecule is Cc1nn(Cc2ncc(-c3ccc(F)cc3)o2)c(C)c1S(=O)(=O)N1CCCCC1. The highest BCUT2D eigenvalue weighted by Crippen LogP contribution is 2.27. The van der Waals surface area contributed by atoms with Crippen molar-refractivity contribution in [1.29, 1.82) is 0 Å². The van der Waals surface area contributed by atoms with Crippen molar-refractivity contribution in [2.45, 2.75) is 44.6 Å². The Morgan fingerprint density at radius 2 is 1.79 bits per heavy atom. The van der Waals surface area contributed by atoms with Crippen molar-refractivity contribution in [1.82, 2.24) is 19.1 Å². The third kappa shape index (κ3) is 3.84. The second kappa shape index (κ2) is 7.72. The molecule has 7 nitrogen and oxygen atoms in total.